The first-order valence-electron chi connectivity index (χ1n) is 7.39. The number of halogens is 2. The Balaban J connectivity index is 0.000000568. The molecule has 0 fully saturated rings. The molecule has 0 bridgehead atoms. The van der Waals surface area contributed by atoms with Crippen LogP contribution in [0.2, 0.25) is 10.0 Å². The summed E-state index contributed by atoms with van der Waals surface area (Å²) in [5.74, 6) is 0.0791. The van der Waals surface area contributed by atoms with Crippen LogP contribution in [-0.4, -0.2) is 38.5 Å². The number of hydrogen-bond acceptors (Lipinski definition) is 6. The van der Waals surface area contributed by atoms with Gasteiger partial charge in [-0.25, -0.2) is 5.43 Å². The van der Waals surface area contributed by atoms with Crippen molar-refractivity contribution in [3.63, 3.8) is 0 Å². The van der Waals surface area contributed by atoms with Gasteiger partial charge in [-0.3, -0.25) is 8.74 Å². The zero-order valence-electron chi connectivity index (χ0n) is 14.5. The molecule has 2 aromatic rings. The maximum absolute atomic E-state index is 9.33. The van der Waals surface area contributed by atoms with Crippen LogP contribution in [0.3, 0.4) is 0 Å². The molecule has 150 valence electrons. The highest BCUT2D eigenvalue weighted by Crippen LogP contribution is 2.08. The van der Waals surface area contributed by atoms with Crippen molar-refractivity contribution >= 4 is 52.0 Å². The van der Waals surface area contributed by atoms with E-state index in [2.05, 4.69) is 24.9 Å². The highest BCUT2D eigenvalue weighted by atomic mass is 35.5. The lowest BCUT2D eigenvalue weighted by molar-refractivity contribution is 0.324. The Morgan fingerprint density at radius 3 is 1.89 bits per heavy atom. The molecule has 12 heteroatoms. The second kappa shape index (κ2) is 12.1. The SMILES string of the molecule is COS(=O)(=O)O.NC(=NN=Cc1ccc(Cl)cc1)NN=Cc1ccc(Cl)cc1. The van der Waals surface area contributed by atoms with Gasteiger partial charge in [0, 0.05) is 10.0 Å². The molecular formula is C16H17Cl2N5O4S. The molecule has 28 heavy (non-hydrogen) atoms. The van der Waals surface area contributed by atoms with Crippen LogP contribution < -0.4 is 11.2 Å². The van der Waals surface area contributed by atoms with E-state index in [4.69, 9.17) is 33.5 Å². The summed E-state index contributed by atoms with van der Waals surface area (Å²) in [6.07, 6.45) is 3.16. The Bertz CT molecular complexity index is 931. The summed E-state index contributed by atoms with van der Waals surface area (Å²) < 4.78 is 29.7. The highest BCUT2D eigenvalue weighted by molar-refractivity contribution is 7.80. The maximum Gasteiger partial charge on any atom is 0.397 e. The van der Waals surface area contributed by atoms with Crippen LogP contribution in [0.25, 0.3) is 0 Å². The largest absolute Gasteiger partial charge is 0.397 e. The van der Waals surface area contributed by atoms with Crippen molar-refractivity contribution in [3.8, 4) is 0 Å². The summed E-state index contributed by atoms with van der Waals surface area (Å²) in [6.45, 7) is 0. The first-order chi connectivity index (χ1) is 13.2. The van der Waals surface area contributed by atoms with Gasteiger partial charge in [0.1, 0.15) is 0 Å². The monoisotopic (exact) mass is 445 g/mol. The minimum atomic E-state index is -4.16. The number of hydrazone groups is 1. The van der Waals surface area contributed by atoms with Gasteiger partial charge in [-0.05, 0) is 35.4 Å². The summed E-state index contributed by atoms with van der Waals surface area (Å²) >= 11 is 11.6. The molecule has 0 saturated heterocycles. The lowest BCUT2D eigenvalue weighted by atomic mass is 10.2. The molecule has 0 radical (unpaired) electrons. The molecule has 9 nitrogen and oxygen atoms in total. The van der Waals surface area contributed by atoms with Gasteiger partial charge < -0.3 is 5.73 Å². The van der Waals surface area contributed by atoms with Crippen LogP contribution in [0.1, 0.15) is 11.1 Å². The van der Waals surface area contributed by atoms with Crippen molar-refractivity contribution in [2.24, 2.45) is 21.0 Å². The topological polar surface area (TPSA) is 139 Å². The quantitative estimate of drug-likeness (QED) is 0.279. The number of nitrogens with zero attached hydrogens (tertiary/aromatic N) is 3. The van der Waals surface area contributed by atoms with Crippen LogP contribution in [0, 0.1) is 0 Å². The number of guanidine groups is 1. The zero-order valence-corrected chi connectivity index (χ0v) is 16.9. The van der Waals surface area contributed by atoms with E-state index in [1.54, 1.807) is 36.7 Å². The van der Waals surface area contributed by atoms with Crippen molar-refractivity contribution in [2.45, 2.75) is 0 Å². The lowest BCUT2D eigenvalue weighted by Crippen LogP contribution is -2.26. The van der Waals surface area contributed by atoms with Gasteiger partial charge in [-0.1, -0.05) is 47.5 Å². The molecule has 0 spiro atoms. The lowest BCUT2D eigenvalue weighted by Gasteiger charge is -1.96. The van der Waals surface area contributed by atoms with Crippen LogP contribution in [0.15, 0.2) is 63.8 Å². The Morgan fingerprint density at radius 1 is 1.04 bits per heavy atom. The third kappa shape index (κ3) is 11.3. The molecule has 0 amide bonds. The average Bonchev–Trinajstić information content (AvgIpc) is 2.65. The van der Waals surface area contributed by atoms with Crippen molar-refractivity contribution in [1.82, 2.24) is 5.43 Å². The van der Waals surface area contributed by atoms with Crippen molar-refractivity contribution in [2.75, 3.05) is 7.11 Å². The van der Waals surface area contributed by atoms with Gasteiger partial charge in [0.05, 0.1) is 19.5 Å². The fourth-order valence-electron chi connectivity index (χ4n) is 1.45. The summed E-state index contributed by atoms with van der Waals surface area (Å²) in [5.41, 5.74) is 9.94. The summed E-state index contributed by atoms with van der Waals surface area (Å²) in [4.78, 5) is 0. The molecule has 4 N–H and O–H groups in total. The predicted molar refractivity (Wildman–Crippen MR) is 111 cm³/mol. The van der Waals surface area contributed by atoms with Gasteiger partial charge in [0.2, 0.25) is 5.96 Å². The van der Waals surface area contributed by atoms with Crippen LogP contribution in [-0.2, 0) is 14.6 Å². The molecule has 2 aromatic carbocycles. The van der Waals surface area contributed by atoms with E-state index in [0.29, 0.717) is 10.0 Å². The van der Waals surface area contributed by atoms with Crippen LogP contribution in [0.5, 0.6) is 0 Å². The number of hydrogen-bond donors (Lipinski definition) is 3. The normalized spacial score (nSPS) is 12.1. The number of nitrogens with one attached hydrogen (secondary N) is 1. The van der Waals surface area contributed by atoms with Gasteiger partial charge in [-0.15, -0.1) is 5.10 Å². The van der Waals surface area contributed by atoms with Gasteiger partial charge in [0.15, 0.2) is 0 Å². The van der Waals surface area contributed by atoms with Crippen LogP contribution in [0.4, 0.5) is 0 Å². The van der Waals surface area contributed by atoms with Crippen molar-refractivity contribution < 1.29 is 17.2 Å². The summed E-state index contributed by atoms with van der Waals surface area (Å²) in [6, 6.07) is 14.4. The molecule has 0 aliphatic heterocycles. The van der Waals surface area contributed by atoms with E-state index in [0.717, 1.165) is 18.2 Å². The van der Waals surface area contributed by atoms with Crippen LogP contribution >= 0.6 is 23.2 Å². The van der Waals surface area contributed by atoms with Gasteiger partial charge in [0.25, 0.3) is 0 Å². The second-order valence-electron chi connectivity index (χ2n) is 4.80. The van der Waals surface area contributed by atoms with Gasteiger partial charge >= 0.3 is 10.4 Å². The Morgan fingerprint density at radius 2 is 1.46 bits per heavy atom. The number of rotatable bonds is 5. The summed E-state index contributed by atoms with van der Waals surface area (Å²) in [7, 11) is -3.29. The molecular weight excluding hydrogens is 429 g/mol. The molecule has 0 aliphatic carbocycles. The van der Waals surface area contributed by atoms with E-state index in [-0.39, 0.29) is 5.96 Å². The van der Waals surface area contributed by atoms with Crippen molar-refractivity contribution in [1.29, 1.82) is 0 Å². The minimum absolute atomic E-state index is 0.0791. The van der Waals surface area contributed by atoms with Crippen molar-refractivity contribution in [3.05, 3.63) is 69.7 Å². The predicted octanol–water partition coefficient (Wildman–Crippen LogP) is 2.70. The Labute approximate surface area is 172 Å². The summed E-state index contributed by atoms with van der Waals surface area (Å²) in [5, 5.41) is 12.9. The van der Waals surface area contributed by atoms with Gasteiger partial charge in [-0.2, -0.15) is 18.6 Å². The van der Waals surface area contributed by atoms with E-state index in [9.17, 15) is 8.42 Å². The molecule has 0 atom stereocenters. The zero-order chi connectivity index (χ0) is 21.0. The van der Waals surface area contributed by atoms with E-state index in [1.807, 2.05) is 24.3 Å². The average molecular weight is 446 g/mol. The first-order valence-corrected chi connectivity index (χ1v) is 9.51. The fourth-order valence-corrected chi connectivity index (χ4v) is 1.70. The molecule has 0 heterocycles. The third-order valence-electron chi connectivity index (χ3n) is 2.72. The number of nitrogens with two attached hydrogens (primary N) is 1. The maximum atomic E-state index is 9.33. The smallest absolute Gasteiger partial charge is 0.367 e. The second-order valence-corrected chi connectivity index (χ2v) is 6.86. The standard InChI is InChI=1S/C15H13Cl2N5.CH4O4S/c16-13-5-1-11(2-6-13)9-19-21-15(18)22-20-10-12-3-7-14(17)8-4-12;1-5-6(2,3)4/h1-10H,(H3,18,21,22);1H3,(H,2,3,4). The van der Waals surface area contributed by atoms with E-state index >= 15 is 0 Å². The Hall–Kier alpha value is -2.50. The third-order valence-corrected chi connectivity index (χ3v) is 3.64. The fraction of sp³-hybridized carbons (Fsp3) is 0.0625. The van der Waals surface area contributed by atoms with E-state index < -0.39 is 10.4 Å². The molecule has 2 rings (SSSR count). The molecule has 0 aliphatic rings. The minimum Gasteiger partial charge on any atom is -0.367 e. The highest BCUT2D eigenvalue weighted by Gasteiger charge is 1.94. The molecule has 0 saturated carbocycles. The van der Waals surface area contributed by atoms with E-state index in [1.165, 1.54) is 0 Å². The molecule has 0 aromatic heterocycles. The first kappa shape index (κ1) is 23.5. The number of benzene rings is 2. The molecule has 0 unspecified atom stereocenters. The Kier molecular flexibility index (Phi) is 10.1.